The Hall–Kier alpha value is -0.200. The normalized spacial score (nSPS) is 18.6. The molecule has 2 atom stereocenters. The second-order valence-corrected chi connectivity index (χ2v) is 2.29. The fourth-order valence-corrected chi connectivity index (χ4v) is 0.481. The highest BCUT2D eigenvalue weighted by molar-refractivity contribution is 4.65. The quantitative estimate of drug-likeness (QED) is 0.294. The minimum Gasteiger partial charge on any atom is -0.393 e. The fraction of sp³-hybridized carbons (Fsp3) is 1.00. The molecule has 0 rings (SSSR count). The molecular formula is C5H12O5. The topological polar surface area (TPSA) is 101 Å². The molecule has 2 unspecified atom stereocenters. The molecule has 62 valence electrons. The van der Waals surface area contributed by atoms with Crippen molar-refractivity contribution in [2.45, 2.75) is 31.5 Å². The molecule has 0 aromatic carbocycles. The second kappa shape index (κ2) is 3.27. The number of hydrogen-bond donors (Lipinski definition) is 5. The Kier molecular flexibility index (Phi) is 3.20. The van der Waals surface area contributed by atoms with Crippen molar-refractivity contribution in [2.24, 2.45) is 0 Å². The van der Waals surface area contributed by atoms with E-state index in [0.717, 1.165) is 0 Å². The molecule has 5 heteroatoms. The van der Waals surface area contributed by atoms with Crippen LogP contribution in [0.1, 0.15) is 13.3 Å². The van der Waals surface area contributed by atoms with Crippen LogP contribution >= 0.6 is 0 Å². The Morgan fingerprint density at radius 2 is 1.60 bits per heavy atom. The van der Waals surface area contributed by atoms with Crippen LogP contribution in [0.4, 0.5) is 0 Å². The molecule has 10 heavy (non-hydrogen) atoms. The van der Waals surface area contributed by atoms with Gasteiger partial charge in [-0.15, -0.1) is 0 Å². The molecule has 0 heterocycles. The van der Waals surface area contributed by atoms with Gasteiger partial charge in [-0.25, -0.2) is 0 Å². The van der Waals surface area contributed by atoms with Crippen LogP contribution in [-0.4, -0.2) is 43.7 Å². The lowest BCUT2D eigenvalue weighted by Crippen LogP contribution is -2.43. The van der Waals surface area contributed by atoms with Crippen LogP contribution in [-0.2, 0) is 0 Å². The first-order valence-corrected chi connectivity index (χ1v) is 2.87. The van der Waals surface area contributed by atoms with Gasteiger partial charge in [-0.05, 0) is 6.92 Å². The monoisotopic (exact) mass is 152 g/mol. The molecule has 0 aromatic heterocycles. The summed E-state index contributed by atoms with van der Waals surface area (Å²) in [7, 11) is 0. The molecule has 0 aliphatic rings. The average Bonchev–Trinajstić information content (AvgIpc) is 1.60. The molecule has 0 fully saturated rings. The SMILES string of the molecule is CC(O)CC(O)C(O)(O)O. The summed E-state index contributed by atoms with van der Waals surface area (Å²) in [5.41, 5.74) is 0. The molecule has 0 saturated heterocycles. The van der Waals surface area contributed by atoms with Crippen LogP contribution in [0.5, 0.6) is 0 Å². The lowest BCUT2D eigenvalue weighted by atomic mass is 10.1. The van der Waals surface area contributed by atoms with E-state index in [2.05, 4.69) is 0 Å². The van der Waals surface area contributed by atoms with Gasteiger partial charge in [0.1, 0.15) is 6.10 Å². The lowest BCUT2D eigenvalue weighted by Gasteiger charge is -2.21. The maximum Gasteiger partial charge on any atom is 0.303 e. The maximum atomic E-state index is 8.65. The van der Waals surface area contributed by atoms with Gasteiger partial charge in [-0.1, -0.05) is 0 Å². The minimum absolute atomic E-state index is 0.288. The molecule has 0 bridgehead atoms. The summed E-state index contributed by atoms with van der Waals surface area (Å²) in [6.07, 6.45) is -2.92. The van der Waals surface area contributed by atoms with E-state index in [0.29, 0.717) is 0 Å². The number of rotatable bonds is 3. The molecule has 0 aliphatic carbocycles. The van der Waals surface area contributed by atoms with Gasteiger partial charge in [0.25, 0.3) is 0 Å². The van der Waals surface area contributed by atoms with E-state index >= 15 is 0 Å². The Morgan fingerprint density at radius 1 is 1.20 bits per heavy atom. The standard InChI is InChI=1S/C5H12O5/c1-3(6)2-4(7)5(8,9)10/h3-4,6-10H,2H2,1H3. The van der Waals surface area contributed by atoms with Crippen LogP contribution in [0.3, 0.4) is 0 Å². The summed E-state index contributed by atoms with van der Waals surface area (Å²) in [5.74, 6) is -3.11. The first-order valence-electron chi connectivity index (χ1n) is 2.87. The third kappa shape index (κ3) is 3.76. The highest BCUT2D eigenvalue weighted by Crippen LogP contribution is 2.07. The van der Waals surface area contributed by atoms with Gasteiger partial charge in [0, 0.05) is 6.42 Å². The van der Waals surface area contributed by atoms with Crippen molar-refractivity contribution < 1.29 is 25.5 Å². The second-order valence-electron chi connectivity index (χ2n) is 2.29. The van der Waals surface area contributed by atoms with E-state index < -0.39 is 18.2 Å². The first kappa shape index (κ1) is 9.80. The minimum atomic E-state index is -3.11. The zero-order valence-electron chi connectivity index (χ0n) is 5.60. The summed E-state index contributed by atoms with van der Waals surface area (Å²) >= 11 is 0. The third-order valence-corrected chi connectivity index (χ3v) is 1.01. The van der Waals surface area contributed by atoms with Gasteiger partial charge < -0.3 is 25.5 Å². The summed E-state index contributed by atoms with van der Waals surface area (Å²) in [6.45, 7) is 1.36. The van der Waals surface area contributed by atoms with Crippen molar-refractivity contribution in [1.82, 2.24) is 0 Å². The molecule has 0 radical (unpaired) electrons. The molecule has 5 N–H and O–H groups in total. The van der Waals surface area contributed by atoms with E-state index in [1.165, 1.54) is 6.92 Å². The van der Waals surface area contributed by atoms with Gasteiger partial charge in [0.05, 0.1) is 6.10 Å². The van der Waals surface area contributed by atoms with E-state index in [1.54, 1.807) is 0 Å². The smallest absolute Gasteiger partial charge is 0.303 e. The Balaban J connectivity index is 3.73. The highest BCUT2D eigenvalue weighted by atomic mass is 16.7. The van der Waals surface area contributed by atoms with Gasteiger partial charge in [-0.2, -0.15) is 0 Å². The molecule has 0 spiro atoms. The Morgan fingerprint density at radius 3 is 1.70 bits per heavy atom. The van der Waals surface area contributed by atoms with E-state index in [4.69, 9.17) is 25.5 Å². The van der Waals surface area contributed by atoms with Crippen molar-refractivity contribution in [3.8, 4) is 0 Å². The first-order chi connectivity index (χ1) is 4.34. The van der Waals surface area contributed by atoms with Crippen LogP contribution in [0, 0.1) is 0 Å². The van der Waals surface area contributed by atoms with Crippen LogP contribution < -0.4 is 0 Å². The number of aliphatic hydroxyl groups excluding tert-OH is 2. The maximum absolute atomic E-state index is 8.65. The van der Waals surface area contributed by atoms with Crippen molar-refractivity contribution >= 4 is 0 Å². The van der Waals surface area contributed by atoms with Gasteiger partial charge in [-0.3, -0.25) is 0 Å². The molecular weight excluding hydrogens is 140 g/mol. The summed E-state index contributed by atoms with van der Waals surface area (Å²) in [5, 5.41) is 42.1. The summed E-state index contributed by atoms with van der Waals surface area (Å²) < 4.78 is 0. The zero-order valence-corrected chi connectivity index (χ0v) is 5.60. The lowest BCUT2D eigenvalue weighted by molar-refractivity contribution is -0.357. The summed E-state index contributed by atoms with van der Waals surface area (Å²) in [6, 6.07) is 0. The van der Waals surface area contributed by atoms with Gasteiger partial charge in [0.2, 0.25) is 0 Å². The predicted octanol–water partition coefficient (Wildman–Crippen LogP) is -2.25. The third-order valence-electron chi connectivity index (χ3n) is 1.01. The van der Waals surface area contributed by atoms with Crippen LogP contribution in [0.15, 0.2) is 0 Å². The molecule has 5 nitrogen and oxygen atoms in total. The van der Waals surface area contributed by atoms with Crippen molar-refractivity contribution in [1.29, 1.82) is 0 Å². The van der Waals surface area contributed by atoms with Gasteiger partial charge >= 0.3 is 5.97 Å². The van der Waals surface area contributed by atoms with Crippen molar-refractivity contribution in [3.63, 3.8) is 0 Å². The Bertz CT molecular complexity index is 94.7. The fourth-order valence-electron chi connectivity index (χ4n) is 0.481. The van der Waals surface area contributed by atoms with E-state index in [1.807, 2.05) is 0 Å². The molecule has 0 aromatic rings. The van der Waals surface area contributed by atoms with Gasteiger partial charge in [0.15, 0.2) is 0 Å². The van der Waals surface area contributed by atoms with E-state index in [9.17, 15) is 0 Å². The van der Waals surface area contributed by atoms with Crippen molar-refractivity contribution in [3.05, 3.63) is 0 Å². The molecule has 0 aliphatic heterocycles. The highest BCUT2D eigenvalue weighted by Gasteiger charge is 2.30. The van der Waals surface area contributed by atoms with Crippen LogP contribution in [0.25, 0.3) is 0 Å². The molecule has 0 saturated carbocycles. The summed E-state index contributed by atoms with van der Waals surface area (Å²) in [4.78, 5) is 0. The predicted molar refractivity (Wildman–Crippen MR) is 31.7 cm³/mol. The van der Waals surface area contributed by atoms with Crippen LogP contribution in [0.2, 0.25) is 0 Å². The Labute approximate surface area is 58.2 Å². The van der Waals surface area contributed by atoms with E-state index in [-0.39, 0.29) is 6.42 Å². The number of aliphatic hydroxyl groups is 5. The molecule has 0 amide bonds. The average molecular weight is 152 g/mol. The van der Waals surface area contributed by atoms with Crippen molar-refractivity contribution in [2.75, 3.05) is 0 Å². The largest absolute Gasteiger partial charge is 0.393 e. The zero-order chi connectivity index (χ0) is 8.36. The number of hydrogen-bond acceptors (Lipinski definition) is 5.